The Bertz CT molecular complexity index is 1050. The van der Waals surface area contributed by atoms with Crippen LogP contribution < -0.4 is 4.90 Å². The fourth-order valence-corrected chi connectivity index (χ4v) is 2.84. The Morgan fingerprint density at radius 3 is 2.17 bits per heavy atom. The van der Waals surface area contributed by atoms with Crippen LogP contribution in [0.2, 0.25) is 0 Å². The van der Waals surface area contributed by atoms with Crippen molar-refractivity contribution in [3.63, 3.8) is 0 Å². The SMILES string of the molecule is Cc1ccc(-n2nc(C(C)(C)C)cc2N(C(=O)O)c2ccc([N+](=O)[O-])cc2)cc1. The second kappa shape index (κ2) is 7.38. The Hall–Kier alpha value is -3.68. The minimum absolute atomic E-state index is 0.110. The van der Waals surface area contributed by atoms with E-state index in [2.05, 4.69) is 5.10 Å². The third-order valence-corrected chi connectivity index (χ3v) is 4.48. The summed E-state index contributed by atoms with van der Waals surface area (Å²) in [5.41, 5.74) is 2.39. The van der Waals surface area contributed by atoms with Crippen LogP contribution in [-0.2, 0) is 5.41 Å². The zero-order chi connectivity index (χ0) is 21.3. The largest absolute Gasteiger partial charge is 0.464 e. The van der Waals surface area contributed by atoms with Gasteiger partial charge in [0.15, 0.2) is 0 Å². The van der Waals surface area contributed by atoms with Crippen molar-refractivity contribution in [3.8, 4) is 5.69 Å². The van der Waals surface area contributed by atoms with E-state index in [4.69, 9.17) is 0 Å². The number of benzene rings is 2. The number of carbonyl (C=O) groups is 1. The number of hydrogen-bond acceptors (Lipinski definition) is 4. The average Bonchev–Trinajstić information content (AvgIpc) is 3.08. The fourth-order valence-electron chi connectivity index (χ4n) is 2.84. The summed E-state index contributed by atoms with van der Waals surface area (Å²) in [6.07, 6.45) is -1.22. The highest BCUT2D eigenvalue weighted by atomic mass is 16.6. The van der Waals surface area contributed by atoms with Gasteiger partial charge in [0.2, 0.25) is 0 Å². The van der Waals surface area contributed by atoms with E-state index >= 15 is 0 Å². The van der Waals surface area contributed by atoms with Crippen molar-refractivity contribution >= 4 is 23.3 Å². The maximum absolute atomic E-state index is 12.2. The molecular formula is C21H22N4O4. The molecule has 8 nitrogen and oxygen atoms in total. The van der Waals surface area contributed by atoms with Crippen molar-refractivity contribution in [1.82, 2.24) is 9.78 Å². The van der Waals surface area contributed by atoms with Gasteiger partial charge in [0, 0.05) is 23.6 Å². The lowest BCUT2D eigenvalue weighted by Crippen LogP contribution is -2.26. The molecule has 1 N–H and O–H groups in total. The Morgan fingerprint density at radius 2 is 1.69 bits per heavy atom. The predicted molar refractivity (Wildman–Crippen MR) is 110 cm³/mol. The summed E-state index contributed by atoms with van der Waals surface area (Å²) in [4.78, 5) is 23.6. The number of aromatic nitrogens is 2. The molecule has 0 spiro atoms. The molecular weight excluding hydrogens is 372 g/mol. The number of aryl methyl sites for hydroxylation is 1. The fraction of sp³-hybridized carbons (Fsp3) is 0.238. The highest BCUT2D eigenvalue weighted by molar-refractivity contribution is 5.94. The number of nitro groups is 1. The Labute approximate surface area is 168 Å². The number of nitro benzene ring substituents is 1. The first-order valence-electron chi connectivity index (χ1n) is 9.03. The van der Waals surface area contributed by atoms with Gasteiger partial charge in [-0.25, -0.2) is 14.4 Å². The summed E-state index contributed by atoms with van der Waals surface area (Å²) in [5, 5.41) is 25.5. The lowest BCUT2D eigenvalue weighted by molar-refractivity contribution is -0.384. The summed E-state index contributed by atoms with van der Waals surface area (Å²) in [6, 6.07) is 14.7. The van der Waals surface area contributed by atoms with Gasteiger partial charge >= 0.3 is 6.09 Å². The molecule has 1 aromatic heterocycles. The van der Waals surface area contributed by atoms with Gasteiger partial charge in [-0.3, -0.25) is 10.1 Å². The smallest absolute Gasteiger partial charge is 0.417 e. The van der Waals surface area contributed by atoms with E-state index in [1.165, 1.54) is 24.3 Å². The molecule has 3 aromatic rings. The number of amides is 1. The molecule has 0 aliphatic heterocycles. The summed E-state index contributed by atoms with van der Waals surface area (Å²) < 4.78 is 1.58. The highest BCUT2D eigenvalue weighted by Gasteiger charge is 2.27. The van der Waals surface area contributed by atoms with Gasteiger partial charge in [-0.15, -0.1) is 0 Å². The molecule has 8 heteroatoms. The number of hydrogen-bond donors (Lipinski definition) is 1. The predicted octanol–water partition coefficient (Wildman–Crippen LogP) is 5.20. The molecule has 2 aromatic carbocycles. The molecule has 29 heavy (non-hydrogen) atoms. The van der Waals surface area contributed by atoms with E-state index in [9.17, 15) is 20.0 Å². The molecule has 0 radical (unpaired) electrons. The summed E-state index contributed by atoms with van der Waals surface area (Å²) in [5.74, 6) is 0.333. The average molecular weight is 394 g/mol. The van der Waals surface area contributed by atoms with Crippen LogP contribution in [0.15, 0.2) is 54.6 Å². The molecule has 0 saturated carbocycles. The third kappa shape index (κ3) is 4.11. The number of rotatable bonds is 4. The molecule has 0 fully saturated rings. The topological polar surface area (TPSA) is 102 Å². The molecule has 0 unspecified atom stereocenters. The standard InChI is InChI=1S/C21H22N4O4/c1-14-5-7-16(8-6-14)24-19(13-18(22-24)21(2,3)4)23(20(26)27)15-9-11-17(12-10-15)25(28)29/h5-13H,1-4H3,(H,26,27). The zero-order valence-electron chi connectivity index (χ0n) is 16.7. The number of anilines is 2. The molecule has 3 rings (SSSR count). The van der Waals surface area contributed by atoms with Crippen LogP contribution >= 0.6 is 0 Å². The molecule has 0 bridgehead atoms. The number of nitrogens with zero attached hydrogens (tertiary/aromatic N) is 4. The molecule has 0 atom stereocenters. The second-order valence-corrected chi connectivity index (χ2v) is 7.78. The molecule has 1 amide bonds. The van der Waals surface area contributed by atoms with Crippen LogP contribution in [0.1, 0.15) is 32.0 Å². The maximum atomic E-state index is 12.2. The van der Waals surface area contributed by atoms with Crippen LogP contribution in [0.25, 0.3) is 5.69 Å². The van der Waals surface area contributed by atoms with Crippen molar-refractivity contribution < 1.29 is 14.8 Å². The van der Waals surface area contributed by atoms with E-state index in [0.29, 0.717) is 11.5 Å². The molecule has 150 valence electrons. The van der Waals surface area contributed by atoms with Crippen molar-refractivity contribution in [2.45, 2.75) is 33.1 Å². The summed E-state index contributed by atoms with van der Waals surface area (Å²) in [6.45, 7) is 7.95. The van der Waals surface area contributed by atoms with E-state index in [1.54, 1.807) is 10.7 Å². The van der Waals surface area contributed by atoms with Gasteiger partial charge in [-0.2, -0.15) is 5.10 Å². The summed E-state index contributed by atoms with van der Waals surface area (Å²) >= 11 is 0. The van der Waals surface area contributed by atoms with Crippen molar-refractivity contribution in [1.29, 1.82) is 0 Å². The monoisotopic (exact) mass is 394 g/mol. The van der Waals surface area contributed by atoms with Gasteiger partial charge in [-0.05, 0) is 31.2 Å². The second-order valence-electron chi connectivity index (χ2n) is 7.78. The first-order chi connectivity index (χ1) is 13.6. The first kappa shape index (κ1) is 20.1. The molecule has 0 aliphatic rings. The van der Waals surface area contributed by atoms with Crippen LogP contribution in [0, 0.1) is 17.0 Å². The number of non-ortho nitro benzene ring substituents is 1. The molecule has 1 heterocycles. The van der Waals surface area contributed by atoms with E-state index in [1.807, 2.05) is 52.0 Å². The quantitative estimate of drug-likeness (QED) is 0.484. The highest BCUT2D eigenvalue weighted by Crippen LogP contribution is 2.33. The Balaban J connectivity index is 2.19. The van der Waals surface area contributed by atoms with Crippen molar-refractivity contribution in [2.24, 2.45) is 0 Å². The van der Waals surface area contributed by atoms with Gasteiger partial charge < -0.3 is 5.11 Å². The third-order valence-electron chi connectivity index (χ3n) is 4.48. The number of carboxylic acid groups (broad SMARTS) is 1. The zero-order valence-corrected chi connectivity index (χ0v) is 16.7. The Kier molecular flexibility index (Phi) is 5.11. The van der Waals surface area contributed by atoms with Crippen molar-refractivity contribution in [3.05, 3.63) is 76.0 Å². The van der Waals surface area contributed by atoms with E-state index in [0.717, 1.165) is 16.2 Å². The van der Waals surface area contributed by atoms with E-state index < -0.39 is 11.0 Å². The minimum Gasteiger partial charge on any atom is -0.464 e. The van der Waals surface area contributed by atoms with Gasteiger partial charge in [0.25, 0.3) is 5.69 Å². The normalized spacial score (nSPS) is 11.3. The lowest BCUT2D eigenvalue weighted by atomic mass is 9.92. The Morgan fingerprint density at radius 1 is 1.10 bits per heavy atom. The minimum atomic E-state index is -1.22. The van der Waals surface area contributed by atoms with E-state index in [-0.39, 0.29) is 16.8 Å². The van der Waals surface area contributed by atoms with Crippen LogP contribution in [-0.4, -0.2) is 25.9 Å². The van der Waals surface area contributed by atoms with Crippen LogP contribution in [0.4, 0.5) is 22.0 Å². The first-order valence-corrected chi connectivity index (χ1v) is 9.03. The maximum Gasteiger partial charge on any atom is 0.417 e. The van der Waals surface area contributed by atoms with Crippen LogP contribution in [0.5, 0.6) is 0 Å². The van der Waals surface area contributed by atoms with Gasteiger partial charge in [-0.1, -0.05) is 38.5 Å². The van der Waals surface area contributed by atoms with Crippen molar-refractivity contribution in [2.75, 3.05) is 4.90 Å². The molecule has 0 aliphatic carbocycles. The molecule has 0 saturated heterocycles. The summed E-state index contributed by atoms with van der Waals surface area (Å²) in [7, 11) is 0. The lowest BCUT2D eigenvalue weighted by Gasteiger charge is -2.20. The van der Waals surface area contributed by atoms with Gasteiger partial charge in [0.1, 0.15) is 5.82 Å². The van der Waals surface area contributed by atoms with Crippen LogP contribution in [0.3, 0.4) is 0 Å². The van der Waals surface area contributed by atoms with Gasteiger partial charge in [0.05, 0.1) is 22.0 Å².